The van der Waals surface area contributed by atoms with E-state index in [1.807, 2.05) is 30.3 Å². The molecule has 31 heavy (non-hydrogen) atoms. The summed E-state index contributed by atoms with van der Waals surface area (Å²) in [7, 11) is 0. The summed E-state index contributed by atoms with van der Waals surface area (Å²) in [5.74, 6) is -2.92. The molecule has 2 fully saturated rings. The second-order valence-corrected chi connectivity index (χ2v) is 7.66. The van der Waals surface area contributed by atoms with E-state index < -0.39 is 42.1 Å². The van der Waals surface area contributed by atoms with E-state index in [-0.39, 0.29) is 6.54 Å². The van der Waals surface area contributed by atoms with Gasteiger partial charge >= 0.3 is 6.03 Å². The fourth-order valence-electron chi connectivity index (χ4n) is 3.89. The molecule has 1 atom stereocenters. The Balaban J connectivity index is 1.33. The molecule has 2 saturated heterocycles. The molecule has 0 aliphatic carbocycles. The van der Waals surface area contributed by atoms with E-state index in [1.54, 1.807) is 0 Å². The van der Waals surface area contributed by atoms with Crippen LogP contribution in [-0.4, -0.2) is 64.8 Å². The first-order valence-electron chi connectivity index (χ1n) is 10.0. The van der Waals surface area contributed by atoms with Crippen LogP contribution in [0.3, 0.4) is 0 Å². The zero-order valence-electron chi connectivity index (χ0n) is 16.8. The molecule has 0 saturated carbocycles. The van der Waals surface area contributed by atoms with Gasteiger partial charge in [0.25, 0.3) is 5.91 Å². The molecule has 7 nitrogen and oxygen atoms in total. The quantitative estimate of drug-likeness (QED) is 0.712. The lowest BCUT2D eigenvalue weighted by atomic mass is 10.1. The lowest BCUT2D eigenvalue weighted by molar-refractivity contribution is -0.133. The van der Waals surface area contributed by atoms with Gasteiger partial charge in [-0.1, -0.05) is 36.4 Å². The van der Waals surface area contributed by atoms with Gasteiger partial charge in [-0.3, -0.25) is 19.4 Å². The predicted molar refractivity (Wildman–Crippen MR) is 108 cm³/mol. The lowest BCUT2D eigenvalue weighted by Gasteiger charge is -2.35. The Bertz CT molecular complexity index is 1000. The maximum Gasteiger partial charge on any atom is 0.328 e. The van der Waals surface area contributed by atoms with Gasteiger partial charge in [0.1, 0.15) is 12.6 Å². The van der Waals surface area contributed by atoms with E-state index in [2.05, 4.69) is 10.2 Å². The maximum absolute atomic E-state index is 13.3. The van der Waals surface area contributed by atoms with Gasteiger partial charge in [-0.25, -0.2) is 13.6 Å². The summed E-state index contributed by atoms with van der Waals surface area (Å²) >= 11 is 0. The Morgan fingerprint density at radius 2 is 1.77 bits per heavy atom. The molecule has 1 unspecified atom stereocenters. The standard InChI is InChI=1S/C22H22F2N4O3/c23-17-7-6-16(10-18(17)24)11-25-20(29)14-28-21(30)19-13-26(8-9-27(19)22(28)31)12-15-4-2-1-3-5-15/h1-7,10,19H,8-9,11-14H2,(H,25,29). The van der Waals surface area contributed by atoms with E-state index in [9.17, 15) is 23.2 Å². The van der Waals surface area contributed by atoms with E-state index in [0.29, 0.717) is 31.7 Å². The third-order valence-corrected chi connectivity index (χ3v) is 5.52. The van der Waals surface area contributed by atoms with Crippen LogP contribution < -0.4 is 5.32 Å². The highest BCUT2D eigenvalue weighted by atomic mass is 19.2. The van der Waals surface area contributed by atoms with Crippen LogP contribution in [0.25, 0.3) is 0 Å². The summed E-state index contributed by atoms with van der Waals surface area (Å²) in [5.41, 5.74) is 1.50. The Morgan fingerprint density at radius 1 is 1.00 bits per heavy atom. The van der Waals surface area contributed by atoms with Gasteiger partial charge in [0, 0.05) is 32.7 Å². The molecule has 2 aromatic carbocycles. The summed E-state index contributed by atoms with van der Waals surface area (Å²) in [4.78, 5) is 42.3. The van der Waals surface area contributed by atoms with E-state index in [0.717, 1.165) is 22.6 Å². The average molecular weight is 428 g/mol. The molecule has 1 N–H and O–H groups in total. The number of amides is 4. The second kappa shape index (κ2) is 8.81. The molecule has 0 radical (unpaired) electrons. The number of hydrogen-bond donors (Lipinski definition) is 1. The fourth-order valence-corrected chi connectivity index (χ4v) is 3.89. The van der Waals surface area contributed by atoms with Gasteiger partial charge in [-0.05, 0) is 23.3 Å². The number of nitrogens with zero attached hydrogens (tertiary/aromatic N) is 3. The van der Waals surface area contributed by atoms with Crippen LogP contribution in [0.1, 0.15) is 11.1 Å². The minimum absolute atomic E-state index is 0.0374. The fraction of sp³-hybridized carbons (Fsp3) is 0.318. The SMILES string of the molecule is O=C(CN1C(=O)C2CN(Cc3ccccc3)CCN2C1=O)NCc1ccc(F)c(F)c1. The molecule has 2 aliphatic rings. The summed E-state index contributed by atoms with van der Waals surface area (Å²) < 4.78 is 26.3. The number of nitrogens with one attached hydrogen (secondary N) is 1. The first-order chi connectivity index (χ1) is 14.9. The zero-order valence-corrected chi connectivity index (χ0v) is 16.8. The molecule has 162 valence electrons. The monoisotopic (exact) mass is 428 g/mol. The normalized spacial score (nSPS) is 19.0. The lowest BCUT2D eigenvalue weighted by Crippen LogP contribution is -2.52. The van der Waals surface area contributed by atoms with Gasteiger partial charge in [-0.15, -0.1) is 0 Å². The second-order valence-electron chi connectivity index (χ2n) is 7.66. The van der Waals surface area contributed by atoms with Crippen LogP contribution in [0, 0.1) is 11.6 Å². The highest BCUT2D eigenvalue weighted by Crippen LogP contribution is 2.23. The Labute approximate surface area is 178 Å². The van der Waals surface area contributed by atoms with Crippen molar-refractivity contribution in [1.29, 1.82) is 0 Å². The topological polar surface area (TPSA) is 73.0 Å². The van der Waals surface area contributed by atoms with Crippen molar-refractivity contribution in [3.8, 4) is 0 Å². The maximum atomic E-state index is 13.3. The number of carbonyl (C=O) groups is 3. The number of urea groups is 1. The Hall–Kier alpha value is -3.33. The van der Waals surface area contributed by atoms with E-state index in [1.165, 1.54) is 11.0 Å². The van der Waals surface area contributed by atoms with Crippen molar-refractivity contribution in [2.75, 3.05) is 26.2 Å². The predicted octanol–water partition coefficient (Wildman–Crippen LogP) is 1.73. The molecular weight excluding hydrogens is 406 g/mol. The third-order valence-electron chi connectivity index (χ3n) is 5.52. The number of piperazine rings is 1. The van der Waals surface area contributed by atoms with Crippen LogP contribution >= 0.6 is 0 Å². The minimum atomic E-state index is -1.01. The number of imide groups is 1. The molecule has 9 heteroatoms. The summed E-state index contributed by atoms with van der Waals surface area (Å²) in [6.45, 7) is 1.70. The van der Waals surface area contributed by atoms with Gasteiger partial charge < -0.3 is 10.2 Å². The van der Waals surface area contributed by atoms with Crippen LogP contribution in [0.5, 0.6) is 0 Å². The first kappa shape index (κ1) is 20.9. The van der Waals surface area contributed by atoms with Crippen LogP contribution in [0.4, 0.5) is 13.6 Å². The molecule has 0 aromatic heterocycles. The van der Waals surface area contributed by atoms with E-state index >= 15 is 0 Å². The van der Waals surface area contributed by atoms with Crippen molar-refractivity contribution >= 4 is 17.8 Å². The minimum Gasteiger partial charge on any atom is -0.350 e. The molecule has 2 heterocycles. The van der Waals surface area contributed by atoms with Gasteiger partial charge in [0.2, 0.25) is 5.91 Å². The van der Waals surface area contributed by atoms with Crippen LogP contribution in [0.2, 0.25) is 0 Å². The highest BCUT2D eigenvalue weighted by molar-refractivity contribution is 6.06. The molecule has 4 rings (SSSR count). The largest absolute Gasteiger partial charge is 0.350 e. The van der Waals surface area contributed by atoms with Crippen molar-refractivity contribution in [2.45, 2.75) is 19.1 Å². The molecule has 2 aliphatic heterocycles. The van der Waals surface area contributed by atoms with Gasteiger partial charge in [0.15, 0.2) is 11.6 Å². The first-order valence-corrected chi connectivity index (χ1v) is 10.0. The number of carbonyl (C=O) groups excluding carboxylic acids is 3. The molecule has 0 bridgehead atoms. The van der Waals surface area contributed by atoms with E-state index in [4.69, 9.17) is 0 Å². The molecule has 0 spiro atoms. The van der Waals surface area contributed by atoms with Crippen molar-refractivity contribution in [1.82, 2.24) is 20.0 Å². The smallest absolute Gasteiger partial charge is 0.328 e. The summed E-state index contributed by atoms with van der Waals surface area (Å²) in [6, 6.07) is 12.1. The number of hydrogen-bond acceptors (Lipinski definition) is 4. The number of halogens is 2. The number of rotatable bonds is 6. The average Bonchev–Trinajstić information content (AvgIpc) is 3.00. The van der Waals surface area contributed by atoms with Crippen molar-refractivity contribution in [3.05, 3.63) is 71.3 Å². The van der Waals surface area contributed by atoms with Crippen LogP contribution in [-0.2, 0) is 22.7 Å². The summed E-state index contributed by atoms with van der Waals surface area (Å²) in [6.07, 6.45) is 0. The number of fused-ring (bicyclic) bond motifs is 1. The summed E-state index contributed by atoms with van der Waals surface area (Å²) in [5, 5.41) is 2.53. The highest BCUT2D eigenvalue weighted by Gasteiger charge is 2.48. The van der Waals surface area contributed by atoms with Gasteiger partial charge in [0.05, 0.1) is 0 Å². The molecule has 4 amide bonds. The molecule has 2 aromatic rings. The number of benzene rings is 2. The van der Waals surface area contributed by atoms with Gasteiger partial charge in [-0.2, -0.15) is 0 Å². The third kappa shape index (κ3) is 4.56. The Morgan fingerprint density at radius 3 is 2.52 bits per heavy atom. The van der Waals surface area contributed by atoms with Crippen molar-refractivity contribution < 1.29 is 23.2 Å². The Kier molecular flexibility index (Phi) is 5.94. The zero-order chi connectivity index (χ0) is 22.0. The van der Waals surface area contributed by atoms with Crippen molar-refractivity contribution in [2.24, 2.45) is 0 Å². The van der Waals surface area contributed by atoms with Crippen LogP contribution in [0.15, 0.2) is 48.5 Å². The van der Waals surface area contributed by atoms with Crippen molar-refractivity contribution in [3.63, 3.8) is 0 Å². The molecular formula is C22H22F2N4O3.